The van der Waals surface area contributed by atoms with E-state index in [1.54, 1.807) is 18.2 Å². The molecule has 2 rings (SSSR count). The van der Waals surface area contributed by atoms with Crippen molar-refractivity contribution in [3.8, 4) is 0 Å². The molecule has 2 aromatic carbocycles. The number of benzene rings is 2. The van der Waals surface area contributed by atoms with E-state index in [1.165, 1.54) is 6.07 Å². The summed E-state index contributed by atoms with van der Waals surface area (Å²) in [6.07, 6.45) is 0. The van der Waals surface area contributed by atoms with Gasteiger partial charge in [0.05, 0.1) is 5.54 Å². The predicted molar refractivity (Wildman–Crippen MR) is 74.5 cm³/mol. The third kappa shape index (κ3) is 3.24. The lowest BCUT2D eigenvalue weighted by atomic mass is 9.93. The van der Waals surface area contributed by atoms with Gasteiger partial charge in [0, 0.05) is 10.7 Å². The Bertz CT molecular complexity index is 579. The van der Waals surface area contributed by atoms with E-state index in [0.717, 1.165) is 11.8 Å². The molecular weight excluding hydrogens is 268 g/mol. The Morgan fingerprint density at radius 2 is 1.58 bits per heavy atom. The highest BCUT2D eigenvalue weighted by Gasteiger charge is 2.21. The Kier molecular flexibility index (Phi) is 3.76. The van der Waals surface area contributed by atoms with Crippen molar-refractivity contribution in [1.29, 1.82) is 0 Å². The molecule has 100 valence electrons. The molecule has 0 aromatic heterocycles. The lowest BCUT2D eigenvalue weighted by Gasteiger charge is -2.28. The zero-order valence-electron chi connectivity index (χ0n) is 10.7. The minimum atomic E-state index is -0.844. The summed E-state index contributed by atoms with van der Waals surface area (Å²) in [5, 5.41) is 3.91. The first kappa shape index (κ1) is 13.8. The number of rotatable bonds is 3. The summed E-state index contributed by atoms with van der Waals surface area (Å²) in [5.41, 5.74) is 1.00. The number of hydrogen-bond donors (Lipinski definition) is 1. The fourth-order valence-corrected chi connectivity index (χ4v) is 1.98. The van der Waals surface area contributed by atoms with Crippen LogP contribution in [-0.2, 0) is 5.54 Å². The Morgan fingerprint density at radius 1 is 0.947 bits per heavy atom. The van der Waals surface area contributed by atoms with Crippen molar-refractivity contribution >= 4 is 17.3 Å². The van der Waals surface area contributed by atoms with Crippen LogP contribution >= 0.6 is 11.6 Å². The number of hydrogen-bond acceptors (Lipinski definition) is 1. The fraction of sp³-hybridized carbons (Fsp3) is 0.200. The van der Waals surface area contributed by atoms with E-state index in [2.05, 4.69) is 5.32 Å². The molecule has 1 nitrogen and oxygen atoms in total. The van der Waals surface area contributed by atoms with Gasteiger partial charge in [0.2, 0.25) is 0 Å². The summed E-state index contributed by atoms with van der Waals surface area (Å²) >= 11 is 5.82. The Morgan fingerprint density at radius 3 is 2.16 bits per heavy atom. The van der Waals surface area contributed by atoms with Gasteiger partial charge in [0.25, 0.3) is 0 Å². The van der Waals surface area contributed by atoms with Crippen LogP contribution in [0.3, 0.4) is 0 Å². The summed E-state index contributed by atoms with van der Waals surface area (Å²) in [6.45, 7) is 3.79. The van der Waals surface area contributed by atoms with Crippen molar-refractivity contribution < 1.29 is 8.78 Å². The third-order valence-electron chi connectivity index (χ3n) is 2.94. The maximum Gasteiger partial charge on any atom is 0.159 e. The average Bonchev–Trinajstić information content (AvgIpc) is 2.35. The van der Waals surface area contributed by atoms with Crippen molar-refractivity contribution in [3.63, 3.8) is 0 Å². The Balaban J connectivity index is 2.26. The molecule has 0 atom stereocenters. The summed E-state index contributed by atoms with van der Waals surface area (Å²) in [5.74, 6) is -1.69. The van der Waals surface area contributed by atoms with Crippen molar-refractivity contribution in [2.75, 3.05) is 5.32 Å². The molecule has 0 aliphatic rings. The molecule has 0 bridgehead atoms. The predicted octanol–water partition coefficient (Wildman–Crippen LogP) is 4.97. The van der Waals surface area contributed by atoms with Crippen molar-refractivity contribution in [2.45, 2.75) is 19.4 Å². The second kappa shape index (κ2) is 5.17. The molecule has 4 heteroatoms. The Labute approximate surface area is 116 Å². The molecule has 0 saturated carbocycles. The van der Waals surface area contributed by atoms with Crippen molar-refractivity contribution in [1.82, 2.24) is 0 Å². The fourth-order valence-electron chi connectivity index (χ4n) is 1.85. The molecule has 2 aromatic rings. The van der Waals surface area contributed by atoms with E-state index in [4.69, 9.17) is 11.6 Å². The summed E-state index contributed by atoms with van der Waals surface area (Å²) in [6, 6.07) is 11.1. The smallest absolute Gasteiger partial charge is 0.159 e. The minimum absolute atomic E-state index is 0.525. The molecule has 0 radical (unpaired) electrons. The first-order valence-electron chi connectivity index (χ1n) is 5.88. The van der Waals surface area contributed by atoms with Gasteiger partial charge < -0.3 is 5.32 Å². The monoisotopic (exact) mass is 281 g/mol. The maximum absolute atomic E-state index is 13.3. The maximum atomic E-state index is 13.3. The van der Waals surface area contributed by atoms with E-state index in [-0.39, 0.29) is 0 Å². The number of halogens is 3. The molecule has 0 heterocycles. The first-order valence-corrected chi connectivity index (χ1v) is 6.25. The number of nitrogens with one attached hydrogen (secondary N) is 1. The van der Waals surface area contributed by atoms with Gasteiger partial charge in [0.15, 0.2) is 11.6 Å². The molecular formula is C15H14ClF2N. The molecule has 0 amide bonds. The van der Waals surface area contributed by atoms with Gasteiger partial charge >= 0.3 is 0 Å². The zero-order chi connectivity index (χ0) is 14.0. The number of anilines is 1. The molecule has 1 N–H and O–H groups in total. The van der Waals surface area contributed by atoms with E-state index in [1.807, 2.05) is 26.0 Å². The van der Waals surface area contributed by atoms with Crippen LogP contribution < -0.4 is 5.32 Å². The van der Waals surface area contributed by atoms with E-state index in [0.29, 0.717) is 10.6 Å². The van der Waals surface area contributed by atoms with E-state index >= 15 is 0 Å². The van der Waals surface area contributed by atoms with Gasteiger partial charge in [-0.15, -0.1) is 0 Å². The molecule has 0 spiro atoms. The van der Waals surface area contributed by atoms with Crippen molar-refractivity contribution in [2.24, 2.45) is 0 Å². The first-order chi connectivity index (χ1) is 8.88. The Hall–Kier alpha value is -1.61. The van der Waals surface area contributed by atoms with Gasteiger partial charge in [-0.2, -0.15) is 0 Å². The van der Waals surface area contributed by atoms with Crippen LogP contribution in [0, 0.1) is 11.6 Å². The molecule has 19 heavy (non-hydrogen) atoms. The highest BCUT2D eigenvalue weighted by atomic mass is 35.5. The van der Waals surface area contributed by atoms with Gasteiger partial charge in [-0.1, -0.05) is 17.7 Å². The second-order valence-electron chi connectivity index (χ2n) is 4.89. The van der Waals surface area contributed by atoms with Crippen LogP contribution in [0.25, 0.3) is 0 Å². The quantitative estimate of drug-likeness (QED) is 0.838. The topological polar surface area (TPSA) is 12.0 Å². The van der Waals surface area contributed by atoms with Crippen LogP contribution in [-0.4, -0.2) is 0 Å². The van der Waals surface area contributed by atoms with E-state index < -0.39 is 17.2 Å². The summed E-state index contributed by atoms with van der Waals surface area (Å²) < 4.78 is 26.2. The summed E-state index contributed by atoms with van der Waals surface area (Å²) in [7, 11) is 0. The van der Waals surface area contributed by atoms with Crippen molar-refractivity contribution in [3.05, 3.63) is 64.7 Å². The minimum Gasteiger partial charge on any atom is -0.376 e. The standard InChI is InChI=1S/C15H14ClF2N/c1-15(2,10-3-8-13(17)14(18)9-10)19-12-6-4-11(16)5-7-12/h3-9,19H,1-2H3. The lowest BCUT2D eigenvalue weighted by Crippen LogP contribution is -2.28. The highest BCUT2D eigenvalue weighted by molar-refractivity contribution is 6.30. The van der Waals surface area contributed by atoms with E-state index in [9.17, 15) is 8.78 Å². The molecule has 0 saturated heterocycles. The average molecular weight is 282 g/mol. The van der Waals surface area contributed by atoms with Crippen LogP contribution in [0.4, 0.5) is 14.5 Å². The summed E-state index contributed by atoms with van der Waals surface area (Å²) in [4.78, 5) is 0. The van der Waals surface area contributed by atoms with Gasteiger partial charge in [-0.05, 0) is 55.8 Å². The molecule has 0 unspecified atom stereocenters. The molecule has 0 aliphatic heterocycles. The van der Waals surface area contributed by atoms with Crippen LogP contribution in [0.1, 0.15) is 19.4 Å². The SMILES string of the molecule is CC(C)(Nc1ccc(Cl)cc1)c1ccc(F)c(F)c1. The molecule has 0 aliphatic carbocycles. The largest absolute Gasteiger partial charge is 0.376 e. The van der Waals surface area contributed by atoms with Gasteiger partial charge in [0.1, 0.15) is 0 Å². The lowest BCUT2D eigenvalue weighted by molar-refractivity contribution is 0.500. The van der Waals surface area contributed by atoms with Gasteiger partial charge in [-0.25, -0.2) is 8.78 Å². The second-order valence-corrected chi connectivity index (χ2v) is 5.32. The van der Waals surface area contributed by atoms with Crippen LogP contribution in [0.5, 0.6) is 0 Å². The molecule has 0 fully saturated rings. The third-order valence-corrected chi connectivity index (χ3v) is 3.19. The van der Waals surface area contributed by atoms with Crippen LogP contribution in [0.2, 0.25) is 5.02 Å². The normalized spacial score (nSPS) is 11.4. The van der Waals surface area contributed by atoms with Gasteiger partial charge in [-0.3, -0.25) is 0 Å². The zero-order valence-corrected chi connectivity index (χ0v) is 11.4. The van der Waals surface area contributed by atoms with Crippen LogP contribution in [0.15, 0.2) is 42.5 Å². The highest BCUT2D eigenvalue weighted by Crippen LogP contribution is 2.27.